The smallest absolute Gasteiger partial charge is 0.0931 e. The lowest BCUT2D eigenvalue weighted by Crippen LogP contribution is -2.49. The summed E-state index contributed by atoms with van der Waals surface area (Å²) in [6.45, 7) is 4.56. The second-order valence-corrected chi connectivity index (χ2v) is 6.41. The Morgan fingerprint density at radius 2 is 2.27 bits per heavy atom. The molecule has 1 unspecified atom stereocenters. The van der Waals surface area contributed by atoms with Gasteiger partial charge in [-0.05, 0) is 44.7 Å². The minimum Gasteiger partial charge on any atom is -0.304 e. The summed E-state index contributed by atoms with van der Waals surface area (Å²) in [6, 6.07) is 4.62. The number of nitrogens with one attached hydrogen (secondary N) is 1. The monoisotopic (exact) mass is 243 g/mol. The minimum absolute atomic E-state index is 0.372. The van der Waals surface area contributed by atoms with E-state index in [1.165, 1.54) is 24.1 Å². The summed E-state index contributed by atoms with van der Waals surface area (Å²) in [6.07, 6.45) is 5.11. The highest BCUT2D eigenvalue weighted by molar-refractivity contribution is 7.16. The first-order valence-corrected chi connectivity index (χ1v) is 6.85. The molecule has 1 atom stereocenters. The van der Waals surface area contributed by atoms with E-state index in [4.69, 9.17) is 11.6 Å². The maximum Gasteiger partial charge on any atom is 0.0931 e. The molecule has 0 saturated heterocycles. The van der Waals surface area contributed by atoms with Crippen LogP contribution < -0.4 is 5.32 Å². The highest BCUT2D eigenvalue weighted by atomic mass is 35.5. The molecule has 1 aliphatic rings. The van der Waals surface area contributed by atoms with Crippen molar-refractivity contribution in [3.63, 3.8) is 0 Å². The lowest BCUT2D eigenvalue weighted by molar-refractivity contribution is 0.184. The van der Waals surface area contributed by atoms with E-state index < -0.39 is 0 Å². The Hall–Kier alpha value is -0.0500. The molecular formula is C12H18ClNS. The summed E-state index contributed by atoms with van der Waals surface area (Å²) in [4.78, 5) is 1.37. The van der Waals surface area contributed by atoms with Gasteiger partial charge in [0.05, 0.1) is 4.34 Å². The lowest BCUT2D eigenvalue weighted by Gasteiger charge is -2.42. The molecule has 2 rings (SSSR count). The van der Waals surface area contributed by atoms with Crippen LogP contribution in [0.2, 0.25) is 4.34 Å². The molecule has 0 spiro atoms. The van der Waals surface area contributed by atoms with Crippen molar-refractivity contribution in [1.82, 2.24) is 5.32 Å². The van der Waals surface area contributed by atoms with Crippen molar-refractivity contribution in [2.75, 3.05) is 0 Å². The Kier molecular flexibility index (Phi) is 3.39. The molecule has 0 bridgehead atoms. The summed E-state index contributed by atoms with van der Waals surface area (Å²) in [5, 5.41) is 3.76. The Morgan fingerprint density at radius 1 is 1.53 bits per heavy atom. The van der Waals surface area contributed by atoms with Gasteiger partial charge in [-0.1, -0.05) is 18.5 Å². The fraction of sp³-hybridized carbons (Fsp3) is 0.667. The van der Waals surface area contributed by atoms with Gasteiger partial charge in [-0.3, -0.25) is 0 Å². The van der Waals surface area contributed by atoms with Crippen LogP contribution in [0.15, 0.2) is 12.1 Å². The zero-order chi connectivity index (χ0) is 10.9. The standard InChI is InChI=1S/C12H18ClNS/c1-3-9(10-5-6-11(13)15-10)14-12(2)7-4-8-12/h5-6,9,14H,3-4,7-8H2,1-2H3. The van der Waals surface area contributed by atoms with Crippen LogP contribution in [0.5, 0.6) is 0 Å². The first-order chi connectivity index (χ1) is 7.13. The van der Waals surface area contributed by atoms with Crippen molar-refractivity contribution >= 4 is 22.9 Å². The predicted molar refractivity (Wildman–Crippen MR) is 67.8 cm³/mol. The van der Waals surface area contributed by atoms with Crippen molar-refractivity contribution in [1.29, 1.82) is 0 Å². The van der Waals surface area contributed by atoms with Crippen molar-refractivity contribution in [2.45, 2.75) is 51.1 Å². The zero-order valence-electron chi connectivity index (χ0n) is 9.35. The number of halogens is 1. The Labute approximate surface area is 101 Å². The van der Waals surface area contributed by atoms with E-state index in [9.17, 15) is 0 Å². The molecule has 0 amide bonds. The molecule has 84 valence electrons. The normalized spacial score (nSPS) is 21.0. The van der Waals surface area contributed by atoms with Crippen LogP contribution in [-0.4, -0.2) is 5.54 Å². The molecule has 1 saturated carbocycles. The summed E-state index contributed by atoms with van der Waals surface area (Å²) in [7, 11) is 0. The first kappa shape index (κ1) is 11.4. The average molecular weight is 244 g/mol. The van der Waals surface area contributed by atoms with Gasteiger partial charge >= 0.3 is 0 Å². The van der Waals surface area contributed by atoms with E-state index in [0.29, 0.717) is 11.6 Å². The molecule has 1 aromatic heterocycles. The SMILES string of the molecule is CCC(NC1(C)CCC1)c1ccc(Cl)s1. The van der Waals surface area contributed by atoms with Crippen LogP contribution in [-0.2, 0) is 0 Å². The molecule has 0 aliphatic heterocycles. The summed E-state index contributed by atoms with van der Waals surface area (Å²) in [5.41, 5.74) is 0.372. The average Bonchev–Trinajstić information content (AvgIpc) is 2.58. The van der Waals surface area contributed by atoms with Crippen molar-refractivity contribution in [3.8, 4) is 0 Å². The third kappa shape index (κ3) is 2.55. The summed E-state index contributed by atoms with van der Waals surface area (Å²) < 4.78 is 0.893. The molecule has 1 aromatic rings. The summed E-state index contributed by atoms with van der Waals surface area (Å²) >= 11 is 7.67. The van der Waals surface area contributed by atoms with Crippen LogP contribution in [0.1, 0.15) is 50.4 Å². The predicted octanol–water partition coefficient (Wildman–Crippen LogP) is 4.38. The molecule has 1 N–H and O–H groups in total. The maximum absolute atomic E-state index is 5.97. The van der Waals surface area contributed by atoms with Crippen LogP contribution in [0, 0.1) is 0 Å². The van der Waals surface area contributed by atoms with Gasteiger partial charge in [0.25, 0.3) is 0 Å². The molecule has 1 nitrogen and oxygen atoms in total. The second kappa shape index (κ2) is 4.44. The molecule has 1 fully saturated rings. The van der Waals surface area contributed by atoms with Gasteiger partial charge in [-0.15, -0.1) is 11.3 Å². The highest BCUT2D eigenvalue weighted by Crippen LogP contribution is 2.36. The molecule has 1 aliphatic carbocycles. The third-order valence-corrected chi connectivity index (χ3v) is 4.67. The quantitative estimate of drug-likeness (QED) is 0.827. The Morgan fingerprint density at radius 3 is 2.67 bits per heavy atom. The van der Waals surface area contributed by atoms with Crippen molar-refractivity contribution in [3.05, 3.63) is 21.3 Å². The highest BCUT2D eigenvalue weighted by Gasteiger charge is 2.33. The van der Waals surface area contributed by atoms with Gasteiger partial charge in [0.1, 0.15) is 0 Å². The lowest BCUT2D eigenvalue weighted by atomic mass is 9.78. The van der Waals surface area contributed by atoms with Crippen molar-refractivity contribution in [2.24, 2.45) is 0 Å². The van der Waals surface area contributed by atoms with Crippen LogP contribution in [0.4, 0.5) is 0 Å². The van der Waals surface area contributed by atoms with E-state index in [0.717, 1.165) is 10.8 Å². The van der Waals surface area contributed by atoms with Gasteiger partial charge in [0.15, 0.2) is 0 Å². The zero-order valence-corrected chi connectivity index (χ0v) is 10.9. The topological polar surface area (TPSA) is 12.0 Å². The molecule has 15 heavy (non-hydrogen) atoms. The first-order valence-electron chi connectivity index (χ1n) is 5.66. The molecule has 3 heteroatoms. The van der Waals surface area contributed by atoms with Gasteiger partial charge in [0, 0.05) is 16.5 Å². The second-order valence-electron chi connectivity index (χ2n) is 4.66. The summed E-state index contributed by atoms with van der Waals surface area (Å²) in [5.74, 6) is 0. The molecular weight excluding hydrogens is 226 g/mol. The van der Waals surface area contributed by atoms with Gasteiger partial charge in [0.2, 0.25) is 0 Å². The molecule has 0 radical (unpaired) electrons. The van der Waals surface area contributed by atoms with E-state index in [2.05, 4.69) is 25.2 Å². The van der Waals surface area contributed by atoms with Crippen LogP contribution >= 0.6 is 22.9 Å². The van der Waals surface area contributed by atoms with Gasteiger partial charge < -0.3 is 5.32 Å². The van der Waals surface area contributed by atoms with Gasteiger partial charge in [-0.2, -0.15) is 0 Å². The van der Waals surface area contributed by atoms with E-state index in [-0.39, 0.29) is 0 Å². The Bertz CT molecular complexity index is 330. The Balaban J connectivity index is 2.04. The van der Waals surface area contributed by atoms with Crippen LogP contribution in [0.3, 0.4) is 0 Å². The van der Waals surface area contributed by atoms with Crippen molar-refractivity contribution < 1.29 is 0 Å². The molecule has 1 heterocycles. The van der Waals surface area contributed by atoms with E-state index in [1.54, 1.807) is 11.3 Å². The third-order valence-electron chi connectivity index (χ3n) is 3.33. The van der Waals surface area contributed by atoms with Crippen LogP contribution in [0.25, 0.3) is 0 Å². The number of hydrogen-bond acceptors (Lipinski definition) is 2. The van der Waals surface area contributed by atoms with Gasteiger partial charge in [-0.25, -0.2) is 0 Å². The maximum atomic E-state index is 5.97. The largest absolute Gasteiger partial charge is 0.304 e. The minimum atomic E-state index is 0.372. The number of rotatable bonds is 4. The van der Waals surface area contributed by atoms with E-state index in [1.807, 2.05) is 6.07 Å². The molecule has 0 aromatic carbocycles. The van der Waals surface area contributed by atoms with E-state index >= 15 is 0 Å². The number of hydrogen-bond donors (Lipinski definition) is 1. The number of thiophene rings is 1. The fourth-order valence-electron chi connectivity index (χ4n) is 2.16. The fourth-order valence-corrected chi connectivity index (χ4v) is 3.36.